The van der Waals surface area contributed by atoms with Gasteiger partial charge in [-0.25, -0.2) is 4.39 Å². The Morgan fingerprint density at radius 3 is 2.80 bits per heavy atom. The summed E-state index contributed by atoms with van der Waals surface area (Å²) < 4.78 is 24.8. The van der Waals surface area contributed by atoms with Crippen molar-refractivity contribution in [3.63, 3.8) is 0 Å². The van der Waals surface area contributed by atoms with Crippen LogP contribution in [-0.4, -0.2) is 37.7 Å². The number of rotatable bonds is 6. The Morgan fingerprint density at radius 2 is 2.00 bits per heavy atom. The van der Waals surface area contributed by atoms with Crippen LogP contribution in [0.2, 0.25) is 0 Å². The van der Waals surface area contributed by atoms with E-state index in [2.05, 4.69) is 0 Å². The van der Waals surface area contributed by atoms with Crippen LogP contribution < -0.4 is 4.74 Å². The van der Waals surface area contributed by atoms with E-state index in [0.717, 1.165) is 11.3 Å². The van der Waals surface area contributed by atoms with Crippen molar-refractivity contribution in [2.24, 2.45) is 5.92 Å². The average molecular weight is 343 g/mol. The number of hydrogen-bond acceptors (Lipinski definition) is 3. The zero-order chi connectivity index (χ0) is 17.6. The highest BCUT2D eigenvalue weighted by molar-refractivity contribution is 5.79. The number of hydrogen-bond donors (Lipinski definition) is 0. The molecule has 5 heteroatoms. The number of para-hydroxylation sites is 1. The molecule has 1 aliphatic rings. The molecule has 0 spiro atoms. The summed E-state index contributed by atoms with van der Waals surface area (Å²) in [6, 6.07) is 14.3. The molecule has 0 saturated carbocycles. The van der Waals surface area contributed by atoms with Gasteiger partial charge < -0.3 is 14.4 Å². The van der Waals surface area contributed by atoms with Crippen LogP contribution in [0.3, 0.4) is 0 Å². The van der Waals surface area contributed by atoms with Gasteiger partial charge in [0, 0.05) is 25.8 Å². The Kier molecular flexibility index (Phi) is 5.66. The van der Waals surface area contributed by atoms with Gasteiger partial charge >= 0.3 is 0 Å². The second kappa shape index (κ2) is 8.12. The van der Waals surface area contributed by atoms with E-state index in [1.807, 2.05) is 24.3 Å². The molecular weight excluding hydrogens is 321 g/mol. The lowest BCUT2D eigenvalue weighted by Gasteiger charge is -2.30. The molecule has 1 aliphatic heterocycles. The summed E-state index contributed by atoms with van der Waals surface area (Å²) in [6.07, 6.45) is 0.635. The fraction of sp³-hybridized carbons (Fsp3) is 0.350. The van der Waals surface area contributed by atoms with E-state index in [1.54, 1.807) is 30.2 Å². The third-order valence-corrected chi connectivity index (χ3v) is 4.42. The average Bonchev–Trinajstić information content (AvgIpc) is 2.65. The van der Waals surface area contributed by atoms with Gasteiger partial charge in [-0.05, 0) is 24.1 Å². The van der Waals surface area contributed by atoms with E-state index < -0.39 is 0 Å². The van der Waals surface area contributed by atoms with Gasteiger partial charge in [-0.15, -0.1) is 0 Å². The van der Waals surface area contributed by atoms with E-state index in [4.69, 9.17) is 9.47 Å². The molecule has 4 nitrogen and oxygen atoms in total. The first kappa shape index (κ1) is 17.4. The van der Waals surface area contributed by atoms with E-state index in [0.29, 0.717) is 31.7 Å². The van der Waals surface area contributed by atoms with Gasteiger partial charge in [-0.3, -0.25) is 4.79 Å². The summed E-state index contributed by atoms with van der Waals surface area (Å²) >= 11 is 0. The first-order chi connectivity index (χ1) is 12.2. The summed E-state index contributed by atoms with van der Waals surface area (Å²) in [5, 5.41) is 0. The first-order valence-corrected chi connectivity index (χ1v) is 8.41. The molecule has 1 amide bonds. The number of nitrogens with zero attached hydrogens (tertiary/aromatic N) is 1. The molecule has 0 aliphatic carbocycles. The number of amides is 1. The van der Waals surface area contributed by atoms with Crippen molar-refractivity contribution in [2.45, 2.75) is 13.0 Å². The molecule has 0 fully saturated rings. The van der Waals surface area contributed by atoms with Crippen molar-refractivity contribution in [2.75, 3.05) is 26.9 Å². The van der Waals surface area contributed by atoms with Gasteiger partial charge in [0.2, 0.25) is 5.91 Å². The fourth-order valence-electron chi connectivity index (χ4n) is 3.05. The second-order valence-corrected chi connectivity index (χ2v) is 6.16. The molecule has 0 bridgehead atoms. The van der Waals surface area contributed by atoms with Crippen LogP contribution in [0.4, 0.5) is 4.39 Å². The zero-order valence-electron chi connectivity index (χ0n) is 14.3. The van der Waals surface area contributed by atoms with Crippen LogP contribution in [0, 0.1) is 11.7 Å². The maximum absolute atomic E-state index is 14.0. The monoisotopic (exact) mass is 343 g/mol. The minimum absolute atomic E-state index is 0.0326. The number of carbonyl (C=O) groups is 1. The van der Waals surface area contributed by atoms with E-state index in [1.165, 1.54) is 6.07 Å². The number of methoxy groups -OCH3 is 1. The minimum atomic E-state index is -0.303. The van der Waals surface area contributed by atoms with Crippen molar-refractivity contribution in [1.82, 2.24) is 4.90 Å². The Morgan fingerprint density at radius 1 is 1.24 bits per heavy atom. The maximum Gasteiger partial charge on any atom is 0.229 e. The van der Waals surface area contributed by atoms with Gasteiger partial charge in [0.25, 0.3) is 0 Å². The SMILES string of the molecule is COCCN(Cc1ccccc1F)C(=O)C1COc2ccccc2C1. The Balaban J connectivity index is 1.74. The van der Waals surface area contributed by atoms with Crippen LogP contribution >= 0.6 is 0 Å². The number of benzene rings is 2. The number of halogens is 1. The second-order valence-electron chi connectivity index (χ2n) is 6.16. The van der Waals surface area contributed by atoms with Crippen molar-refractivity contribution in [3.8, 4) is 5.75 Å². The number of ether oxygens (including phenoxy) is 2. The van der Waals surface area contributed by atoms with Crippen molar-refractivity contribution in [1.29, 1.82) is 0 Å². The predicted molar refractivity (Wildman–Crippen MR) is 92.8 cm³/mol. The summed E-state index contributed by atoms with van der Waals surface area (Å²) in [6.45, 7) is 1.40. The Labute approximate surface area is 147 Å². The highest BCUT2D eigenvalue weighted by Crippen LogP contribution is 2.28. The highest BCUT2D eigenvalue weighted by Gasteiger charge is 2.29. The molecule has 0 radical (unpaired) electrons. The van der Waals surface area contributed by atoms with Gasteiger partial charge in [0.1, 0.15) is 18.2 Å². The normalized spacial score (nSPS) is 16.0. The molecule has 1 heterocycles. The molecule has 3 rings (SSSR count). The Hall–Kier alpha value is -2.40. The number of carbonyl (C=O) groups excluding carboxylic acids is 1. The molecule has 0 saturated heterocycles. The van der Waals surface area contributed by atoms with Crippen molar-refractivity contribution in [3.05, 3.63) is 65.5 Å². The van der Waals surface area contributed by atoms with Gasteiger partial charge in [0.15, 0.2) is 0 Å². The lowest BCUT2D eigenvalue weighted by atomic mass is 9.95. The van der Waals surface area contributed by atoms with E-state index in [9.17, 15) is 9.18 Å². The maximum atomic E-state index is 14.0. The Bertz CT molecular complexity index is 734. The third-order valence-electron chi connectivity index (χ3n) is 4.42. The minimum Gasteiger partial charge on any atom is -0.492 e. The lowest BCUT2D eigenvalue weighted by molar-refractivity contribution is -0.138. The molecule has 0 aromatic heterocycles. The fourth-order valence-corrected chi connectivity index (χ4v) is 3.05. The van der Waals surface area contributed by atoms with Crippen molar-refractivity contribution >= 4 is 5.91 Å². The summed E-state index contributed by atoms with van der Waals surface area (Å²) in [5.41, 5.74) is 1.54. The van der Waals surface area contributed by atoms with Crippen LogP contribution in [0.5, 0.6) is 5.75 Å². The molecule has 1 atom stereocenters. The van der Waals surface area contributed by atoms with Crippen LogP contribution in [0.25, 0.3) is 0 Å². The third kappa shape index (κ3) is 4.17. The zero-order valence-corrected chi connectivity index (χ0v) is 14.3. The van der Waals surface area contributed by atoms with E-state index >= 15 is 0 Å². The van der Waals surface area contributed by atoms with Gasteiger partial charge in [-0.2, -0.15) is 0 Å². The standard InChI is InChI=1S/C20H22FNO3/c1-24-11-10-22(13-16-7-2-4-8-18(16)21)20(23)17-12-15-6-3-5-9-19(15)25-14-17/h2-9,17H,10-14H2,1H3. The molecule has 132 valence electrons. The van der Waals surface area contributed by atoms with Crippen molar-refractivity contribution < 1.29 is 18.7 Å². The van der Waals surface area contributed by atoms with E-state index in [-0.39, 0.29) is 24.2 Å². The smallest absolute Gasteiger partial charge is 0.229 e. The van der Waals surface area contributed by atoms with Gasteiger partial charge in [-0.1, -0.05) is 36.4 Å². The summed E-state index contributed by atoms with van der Waals surface area (Å²) in [4.78, 5) is 14.7. The molecule has 2 aromatic rings. The predicted octanol–water partition coefficient (Wildman–Crippen LogP) is 3.05. The largest absolute Gasteiger partial charge is 0.492 e. The van der Waals surface area contributed by atoms with Gasteiger partial charge in [0.05, 0.1) is 12.5 Å². The highest BCUT2D eigenvalue weighted by atomic mass is 19.1. The molecule has 0 N–H and O–H groups in total. The van der Waals surface area contributed by atoms with Crippen LogP contribution in [-0.2, 0) is 22.5 Å². The molecular formula is C20H22FNO3. The number of fused-ring (bicyclic) bond motifs is 1. The van der Waals surface area contributed by atoms with Crippen LogP contribution in [0.1, 0.15) is 11.1 Å². The lowest BCUT2D eigenvalue weighted by Crippen LogP contribution is -2.42. The first-order valence-electron chi connectivity index (χ1n) is 8.41. The quantitative estimate of drug-likeness (QED) is 0.809. The summed E-state index contributed by atoms with van der Waals surface area (Å²) in [5.74, 6) is 0.236. The van der Waals surface area contributed by atoms with Crippen LogP contribution in [0.15, 0.2) is 48.5 Å². The molecule has 2 aromatic carbocycles. The summed E-state index contributed by atoms with van der Waals surface area (Å²) in [7, 11) is 1.59. The molecule has 1 unspecified atom stereocenters. The molecule has 25 heavy (non-hydrogen) atoms. The topological polar surface area (TPSA) is 38.8 Å².